The molecule has 16 heavy (non-hydrogen) atoms. The van der Waals surface area contributed by atoms with Crippen molar-refractivity contribution in [1.29, 1.82) is 0 Å². The number of aryl methyl sites for hydroxylation is 1. The molecule has 0 atom stereocenters. The van der Waals surface area contributed by atoms with Crippen molar-refractivity contribution >= 4 is 17.4 Å². The fourth-order valence-corrected chi connectivity index (χ4v) is 2.22. The van der Waals surface area contributed by atoms with Crippen molar-refractivity contribution in [3.63, 3.8) is 0 Å². The van der Waals surface area contributed by atoms with Gasteiger partial charge < -0.3 is 5.73 Å². The molecule has 0 bridgehead atoms. The van der Waals surface area contributed by atoms with Crippen LogP contribution < -0.4 is 5.73 Å². The summed E-state index contributed by atoms with van der Waals surface area (Å²) in [5.41, 5.74) is 7.76. The molecule has 0 radical (unpaired) electrons. The molecule has 84 valence electrons. The van der Waals surface area contributed by atoms with Crippen molar-refractivity contribution in [1.82, 2.24) is 20.2 Å². The van der Waals surface area contributed by atoms with E-state index in [2.05, 4.69) is 15.4 Å². The smallest absolute Gasteiger partial charge is 0.184 e. The highest BCUT2D eigenvalue weighted by molar-refractivity contribution is 7.98. The van der Waals surface area contributed by atoms with Gasteiger partial charge in [0.25, 0.3) is 0 Å². The van der Waals surface area contributed by atoms with E-state index in [4.69, 9.17) is 5.73 Å². The first kappa shape index (κ1) is 10.9. The van der Waals surface area contributed by atoms with Gasteiger partial charge in [-0.25, -0.2) is 0 Å². The molecule has 0 saturated heterocycles. The number of nitrogens with two attached hydrogens (primary N) is 1. The number of thioether (sulfide) groups is 1. The summed E-state index contributed by atoms with van der Waals surface area (Å²) in [5.74, 6) is 1.44. The van der Waals surface area contributed by atoms with Gasteiger partial charge in [0.1, 0.15) is 0 Å². The van der Waals surface area contributed by atoms with Crippen molar-refractivity contribution in [3.8, 4) is 0 Å². The summed E-state index contributed by atoms with van der Waals surface area (Å²) in [6.45, 7) is 2.02. The predicted molar refractivity (Wildman–Crippen MR) is 64.0 cm³/mol. The van der Waals surface area contributed by atoms with Crippen LogP contribution in [0.2, 0.25) is 0 Å². The molecule has 0 amide bonds. The van der Waals surface area contributed by atoms with Crippen LogP contribution in [-0.2, 0) is 12.8 Å². The van der Waals surface area contributed by atoms with Crippen LogP contribution in [-0.4, -0.2) is 20.2 Å². The van der Waals surface area contributed by atoms with Gasteiger partial charge in [-0.15, -0.1) is 22.0 Å². The molecule has 0 saturated carbocycles. The van der Waals surface area contributed by atoms with Gasteiger partial charge in [-0.3, -0.25) is 0 Å². The maximum Gasteiger partial charge on any atom is 0.184 e. The highest BCUT2D eigenvalue weighted by Gasteiger charge is 2.05. The summed E-state index contributed by atoms with van der Waals surface area (Å²) < 4.78 is 0. The van der Waals surface area contributed by atoms with E-state index in [0.29, 0.717) is 5.75 Å². The van der Waals surface area contributed by atoms with Gasteiger partial charge in [-0.2, -0.15) is 4.80 Å². The molecule has 6 heteroatoms. The number of tetrazole rings is 1. The second-order valence-electron chi connectivity index (χ2n) is 3.45. The van der Waals surface area contributed by atoms with Crippen LogP contribution in [0.15, 0.2) is 23.1 Å². The van der Waals surface area contributed by atoms with Crippen LogP contribution in [0.4, 0.5) is 5.69 Å². The van der Waals surface area contributed by atoms with Crippen molar-refractivity contribution < 1.29 is 0 Å². The molecule has 0 fully saturated rings. The number of hydrogen-bond donors (Lipinski definition) is 1. The van der Waals surface area contributed by atoms with Gasteiger partial charge in [0.05, 0.1) is 12.8 Å². The van der Waals surface area contributed by atoms with Crippen LogP contribution in [0.1, 0.15) is 11.4 Å². The third-order valence-corrected chi connectivity index (χ3v) is 3.39. The summed E-state index contributed by atoms with van der Waals surface area (Å²) in [5, 5.41) is 11.8. The third kappa shape index (κ3) is 2.33. The number of rotatable bonds is 3. The van der Waals surface area contributed by atoms with E-state index in [1.807, 2.05) is 25.1 Å². The number of nitrogens with zero attached hydrogens (tertiary/aromatic N) is 4. The van der Waals surface area contributed by atoms with Crippen molar-refractivity contribution in [2.75, 3.05) is 5.73 Å². The summed E-state index contributed by atoms with van der Waals surface area (Å²) >= 11 is 1.67. The van der Waals surface area contributed by atoms with Gasteiger partial charge >= 0.3 is 0 Å². The Kier molecular flexibility index (Phi) is 3.09. The first-order valence-electron chi connectivity index (χ1n) is 4.87. The molecule has 0 aliphatic rings. The molecule has 0 aliphatic carbocycles. The molecule has 1 heterocycles. The zero-order chi connectivity index (χ0) is 11.5. The van der Waals surface area contributed by atoms with Crippen molar-refractivity contribution in [2.45, 2.75) is 17.6 Å². The van der Waals surface area contributed by atoms with E-state index in [1.165, 1.54) is 4.80 Å². The lowest BCUT2D eigenvalue weighted by Crippen LogP contribution is -1.93. The Labute approximate surface area is 98.0 Å². The first-order chi connectivity index (χ1) is 7.66. The Morgan fingerprint density at radius 3 is 2.94 bits per heavy atom. The molecule has 0 unspecified atom stereocenters. The predicted octanol–water partition coefficient (Wildman–Crippen LogP) is 1.39. The molecular weight excluding hydrogens is 222 g/mol. The average molecular weight is 235 g/mol. The standard InChI is InChI=1S/C10H13N5S/c1-7-8(11)4-3-5-9(7)16-6-10-12-14-15(2)13-10/h3-5H,6,11H2,1-2H3. The van der Waals surface area contributed by atoms with Crippen LogP contribution in [0.3, 0.4) is 0 Å². The number of anilines is 1. The van der Waals surface area contributed by atoms with Crippen LogP contribution in [0.5, 0.6) is 0 Å². The number of aromatic nitrogens is 4. The molecular formula is C10H13N5S. The number of benzene rings is 1. The van der Waals surface area contributed by atoms with E-state index >= 15 is 0 Å². The number of nitrogen functional groups attached to an aromatic ring is 1. The molecule has 2 N–H and O–H groups in total. The zero-order valence-corrected chi connectivity index (χ0v) is 10.0. The second-order valence-corrected chi connectivity index (χ2v) is 4.47. The molecule has 0 aliphatic heterocycles. The highest BCUT2D eigenvalue weighted by Crippen LogP contribution is 2.27. The fourth-order valence-electron chi connectivity index (χ4n) is 1.31. The minimum atomic E-state index is 0.706. The minimum Gasteiger partial charge on any atom is -0.398 e. The summed E-state index contributed by atoms with van der Waals surface area (Å²) in [7, 11) is 1.76. The lowest BCUT2D eigenvalue weighted by atomic mass is 10.2. The Morgan fingerprint density at radius 1 is 1.44 bits per heavy atom. The topological polar surface area (TPSA) is 69.6 Å². The van der Waals surface area contributed by atoms with E-state index in [1.54, 1.807) is 18.8 Å². The Balaban J connectivity index is 2.07. The average Bonchev–Trinajstić information content (AvgIpc) is 2.67. The maximum absolute atomic E-state index is 5.83. The van der Waals surface area contributed by atoms with Gasteiger partial charge in [0.15, 0.2) is 5.82 Å². The molecule has 2 aromatic rings. The second kappa shape index (κ2) is 4.52. The Hall–Kier alpha value is -1.56. The quantitative estimate of drug-likeness (QED) is 0.643. The van der Waals surface area contributed by atoms with Gasteiger partial charge in [0.2, 0.25) is 0 Å². The lowest BCUT2D eigenvalue weighted by Gasteiger charge is -2.05. The molecule has 2 rings (SSSR count). The first-order valence-corrected chi connectivity index (χ1v) is 5.86. The molecule has 1 aromatic carbocycles. The van der Waals surface area contributed by atoms with Crippen molar-refractivity contribution in [3.05, 3.63) is 29.6 Å². The normalized spacial score (nSPS) is 10.6. The summed E-state index contributed by atoms with van der Waals surface area (Å²) in [6, 6.07) is 5.90. The van der Waals surface area contributed by atoms with Gasteiger partial charge in [-0.05, 0) is 29.8 Å². The van der Waals surface area contributed by atoms with E-state index in [-0.39, 0.29) is 0 Å². The summed E-state index contributed by atoms with van der Waals surface area (Å²) in [6.07, 6.45) is 0. The van der Waals surface area contributed by atoms with Gasteiger partial charge in [0, 0.05) is 10.6 Å². The SMILES string of the molecule is Cc1c(N)cccc1SCc1nnn(C)n1. The minimum absolute atomic E-state index is 0.706. The monoisotopic (exact) mass is 235 g/mol. The molecule has 1 aromatic heterocycles. The van der Waals surface area contributed by atoms with E-state index in [0.717, 1.165) is 22.0 Å². The third-order valence-electron chi connectivity index (χ3n) is 2.23. The lowest BCUT2D eigenvalue weighted by molar-refractivity contribution is 0.628. The van der Waals surface area contributed by atoms with E-state index in [9.17, 15) is 0 Å². The summed E-state index contributed by atoms with van der Waals surface area (Å²) in [4.78, 5) is 2.62. The molecule has 5 nitrogen and oxygen atoms in total. The van der Waals surface area contributed by atoms with Gasteiger partial charge in [-0.1, -0.05) is 6.07 Å². The molecule has 0 spiro atoms. The largest absolute Gasteiger partial charge is 0.398 e. The van der Waals surface area contributed by atoms with Crippen LogP contribution >= 0.6 is 11.8 Å². The van der Waals surface area contributed by atoms with Crippen LogP contribution in [0.25, 0.3) is 0 Å². The van der Waals surface area contributed by atoms with Crippen LogP contribution in [0, 0.1) is 6.92 Å². The Morgan fingerprint density at radius 2 is 2.25 bits per heavy atom. The zero-order valence-electron chi connectivity index (χ0n) is 9.21. The van der Waals surface area contributed by atoms with E-state index < -0.39 is 0 Å². The highest BCUT2D eigenvalue weighted by atomic mass is 32.2. The maximum atomic E-state index is 5.83. The van der Waals surface area contributed by atoms with Crippen molar-refractivity contribution in [2.24, 2.45) is 7.05 Å². The number of hydrogen-bond acceptors (Lipinski definition) is 5. The fraction of sp³-hybridized carbons (Fsp3) is 0.300. The Bertz CT molecular complexity index is 494.